The molecule has 5 nitrogen and oxygen atoms in total. The molecule has 0 radical (unpaired) electrons. The summed E-state index contributed by atoms with van der Waals surface area (Å²) in [4.78, 5) is 12.2. The van der Waals surface area contributed by atoms with E-state index in [9.17, 15) is 10.1 Å². The maximum absolute atomic E-state index is 12.2. The number of nitriles is 1. The maximum Gasteiger partial charge on any atom is 0.315 e. The average molecular weight is 251 g/mol. The van der Waals surface area contributed by atoms with Crippen molar-refractivity contribution in [3.05, 3.63) is 0 Å². The van der Waals surface area contributed by atoms with Gasteiger partial charge in [-0.15, -0.1) is 0 Å². The molecule has 0 spiro atoms. The molecular formula is C13H17NO4. The van der Waals surface area contributed by atoms with Crippen LogP contribution >= 0.6 is 0 Å². The molecule has 0 aromatic rings. The predicted octanol–water partition coefficient (Wildman–Crippen LogP) is 1.23. The largest absolute Gasteiger partial charge is 0.465 e. The number of fused-ring (bicyclic) bond motifs is 3. The van der Waals surface area contributed by atoms with Crippen molar-refractivity contribution >= 4 is 5.97 Å². The fraction of sp³-hybridized carbons (Fsp3) is 0.846. The summed E-state index contributed by atoms with van der Waals surface area (Å²) in [5, 5.41) is 9.27. The van der Waals surface area contributed by atoms with Crippen LogP contribution in [0.25, 0.3) is 0 Å². The molecule has 3 fully saturated rings. The van der Waals surface area contributed by atoms with E-state index in [1.807, 2.05) is 13.8 Å². The van der Waals surface area contributed by atoms with Crippen LogP contribution in [0.1, 0.15) is 27.2 Å². The average Bonchev–Trinajstić information content (AvgIpc) is 2.86. The first kappa shape index (κ1) is 11.9. The van der Waals surface area contributed by atoms with E-state index in [0.717, 1.165) is 0 Å². The molecule has 5 atom stereocenters. The van der Waals surface area contributed by atoms with Gasteiger partial charge < -0.3 is 14.2 Å². The van der Waals surface area contributed by atoms with Gasteiger partial charge in [-0.05, 0) is 33.1 Å². The van der Waals surface area contributed by atoms with Crippen molar-refractivity contribution < 1.29 is 19.0 Å². The Hall–Kier alpha value is -1.12. The number of esters is 1. The zero-order valence-corrected chi connectivity index (χ0v) is 10.8. The van der Waals surface area contributed by atoms with Crippen LogP contribution in [0.15, 0.2) is 0 Å². The quantitative estimate of drug-likeness (QED) is 0.690. The normalized spacial score (nSPS) is 47.0. The minimum Gasteiger partial charge on any atom is -0.465 e. The third kappa shape index (κ3) is 1.30. The molecule has 0 amide bonds. The summed E-state index contributed by atoms with van der Waals surface area (Å²) in [6.45, 7) is 5.77. The van der Waals surface area contributed by atoms with Gasteiger partial charge in [-0.1, -0.05) is 0 Å². The van der Waals surface area contributed by atoms with Gasteiger partial charge in [0.1, 0.15) is 17.6 Å². The summed E-state index contributed by atoms with van der Waals surface area (Å²) < 4.78 is 16.8. The number of carbonyl (C=O) groups is 1. The molecule has 0 aromatic heterocycles. The lowest BCUT2D eigenvalue weighted by molar-refractivity contribution is -0.172. The molecule has 18 heavy (non-hydrogen) atoms. The smallest absolute Gasteiger partial charge is 0.315 e. The van der Waals surface area contributed by atoms with Crippen LogP contribution < -0.4 is 0 Å². The number of nitrogens with zero attached hydrogens (tertiary/aromatic N) is 1. The summed E-state index contributed by atoms with van der Waals surface area (Å²) in [5.74, 6) is -1.19. The lowest BCUT2D eigenvalue weighted by atomic mass is 9.98. The van der Waals surface area contributed by atoms with Crippen LogP contribution in [0.4, 0.5) is 0 Å². The van der Waals surface area contributed by atoms with Crippen molar-refractivity contribution in [1.82, 2.24) is 0 Å². The van der Waals surface area contributed by atoms with Crippen molar-refractivity contribution in [2.24, 2.45) is 17.3 Å². The molecule has 2 aliphatic carbocycles. The third-order valence-electron chi connectivity index (χ3n) is 4.29. The molecular weight excluding hydrogens is 234 g/mol. The Bertz CT molecular complexity index is 441. The van der Waals surface area contributed by atoms with Crippen molar-refractivity contribution in [2.75, 3.05) is 6.61 Å². The minimum atomic E-state index is -0.725. The van der Waals surface area contributed by atoms with E-state index in [4.69, 9.17) is 14.2 Å². The number of hydrogen-bond acceptors (Lipinski definition) is 5. The van der Waals surface area contributed by atoms with Crippen molar-refractivity contribution in [2.45, 2.75) is 45.2 Å². The van der Waals surface area contributed by atoms with E-state index in [0.29, 0.717) is 13.0 Å². The van der Waals surface area contributed by atoms with Crippen molar-refractivity contribution in [3.8, 4) is 6.07 Å². The number of carbonyl (C=O) groups excluding carboxylic acids is 1. The Labute approximate surface area is 106 Å². The Morgan fingerprint density at radius 2 is 2.22 bits per heavy atom. The lowest BCUT2D eigenvalue weighted by Crippen LogP contribution is -2.36. The molecule has 5 heteroatoms. The highest BCUT2D eigenvalue weighted by Gasteiger charge is 2.80. The molecule has 0 N–H and O–H groups in total. The fourth-order valence-electron chi connectivity index (χ4n) is 3.54. The molecule has 3 aliphatic rings. The van der Waals surface area contributed by atoms with E-state index < -0.39 is 11.2 Å². The van der Waals surface area contributed by atoms with Crippen molar-refractivity contribution in [1.29, 1.82) is 5.26 Å². The monoisotopic (exact) mass is 251 g/mol. The topological polar surface area (TPSA) is 68.6 Å². The second kappa shape index (κ2) is 3.46. The van der Waals surface area contributed by atoms with Crippen LogP contribution in [-0.2, 0) is 19.0 Å². The van der Waals surface area contributed by atoms with Gasteiger partial charge in [-0.25, -0.2) is 0 Å². The first-order chi connectivity index (χ1) is 8.46. The molecule has 98 valence electrons. The van der Waals surface area contributed by atoms with Gasteiger partial charge in [0.2, 0.25) is 0 Å². The van der Waals surface area contributed by atoms with Crippen LogP contribution in [0.5, 0.6) is 0 Å². The highest BCUT2D eigenvalue weighted by atomic mass is 16.8. The van der Waals surface area contributed by atoms with Crippen LogP contribution in [-0.4, -0.2) is 30.6 Å². The van der Waals surface area contributed by atoms with E-state index in [1.165, 1.54) is 0 Å². The fourth-order valence-corrected chi connectivity index (χ4v) is 3.54. The molecule has 1 aliphatic heterocycles. The zero-order valence-electron chi connectivity index (χ0n) is 10.8. The molecule has 2 saturated carbocycles. The second-order valence-electron chi connectivity index (χ2n) is 5.75. The van der Waals surface area contributed by atoms with E-state index in [-0.39, 0.29) is 30.0 Å². The first-order valence-corrected chi connectivity index (χ1v) is 6.39. The maximum atomic E-state index is 12.2. The standard InChI is InChI=1S/C13H17NO4/c1-4-16-11(15)13-5-8(13)7(6-14)9-10(13)18-12(2,3)17-9/h7-10H,4-5H2,1-3H3/t7-,8-,9+,10+,13-/m0/s1. The zero-order chi connectivity index (χ0) is 13.1. The molecule has 0 unspecified atom stereocenters. The Morgan fingerprint density at radius 3 is 2.83 bits per heavy atom. The predicted molar refractivity (Wildman–Crippen MR) is 60.1 cm³/mol. The second-order valence-corrected chi connectivity index (χ2v) is 5.75. The van der Waals surface area contributed by atoms with Crippen molar-refractivity contribution in [3.63, 3.8) is 0 Å². The van der Waals surface area contributed by atoms with Gasteiger partial charge in [0.25, 0.3) is 0 Å². The van der Waals surface area contributed by atoms with Gasteiger partial charge in [-0.3, -0.25) is 4.79 Å². The van der Waals surface area contributed by atoms with Gasteiger partial charge >= 0.3 is 5.97 Å². The highest BCUT2D eigenvalue weighted by molar-refractivity contribution is 5.83. The highest BCUT2D eigenvalue weighted by Crippen LogP contribution is 2.70. The Balaban J connectivity index is 1.92. The van der Waals surface area contributed by atoms with Crippen LogP contribution in [0.2, 0.25) is 0 Å². The van der Waals surface area contributed by atoms with Crippen LogP contribution in [0, 0.1) is 28.6 Å². The lowest BCUT2D eigenvalue weighted by Gasteiger charge is -2.21. The molecule has 1 saturated heterocycles. The summed E-state index contributed by atoms with van der Waals surface area (Å²) in [5.41, 5.74) is -0.630. The van der Waals surface area contributed by atoms with E-state index in [2.05, 4.69) is 6.07 Å². The SMILES string of the molecule is CCOC(=O)[C@@]12C[C@H]1[C@H](C#N)[C@H]1OC(C)(C)O[C@H]12. The number of ether oxygens (including phenoxy) is 3. The van der Waals surface area contributed by atoms with Gasteiger partial charge in [0.15, 0.2) is 5.79 Å². The Morgan fingerprint density at radius 1 is 1.50 bits per heavy atom. The molecule has 0 bridgehead atoms. The molecule has 0 aromatic carbocycles. The summed E-state index contributed by atoms with van der Waals surface area (Å²) in [7, 11) is 0. The van der Waals surface area contributed by atoms with Gasteiger partial charge in [-0.2, -0.15) is 5.26 Å². The number of hydrogen-bond donors (Lipinski definition) is 0. The van der Waals surface area contributed by atoms with E-state index in [1.54, 1.807) is 6.92 Å². The summed E-state index contributed by atoms with van der Waals surface area (Å²) in [6.07, 6.45) is 0.0550. The van der Waals surface area contributed by atoms with Gasteiger partial charge in [0.05, 0.1) is 18.6 Å². The van der Waals surface area contributed by atoms with Gasteiger partial charge in [0, 0.05) is 0 Å². The summed E-state index contributed by atoms with van der Waals surface area (Å²) >= 11 is 0. The first-order valence-electron chi connectivity index (χ1n) is 6.39. The minimum absolute atomic E-state index is 0.0349. The van der Waals surface area contributed by atoms with Crippen LogP contribution in [0.3, 0.4) is 0 Å². The van der Waals surface area contributed by atoms with E-state index >= 15 is 0 Å². The molecule has 3 rings (SSSR count). The summed E-state index contributed by atoms with van der Waals surface area (Å²) in [6, 6.07) is 2.27. The Kier molecular flexibility index (Phi) is 2.30. The third-order valence-corrected chi connectivity index (χ3v) is 4.29. The number of rotatable bonds is 2. The molecule has 1 heterocycles.